The quantitative estimate of drug-likeness (QED) is 0.551. The Labute approximate surface area is 159 Å². The maximum absolute atomic E-state index is 12.8. The molecule has 0 aromatic heterocycles. The van der Waals surface area contributed by atoms with Crippen molar-refractivity contribution in [3.8, 4) is 0 Å². The second kappa shape index (κ2) is 7.46. The van der Waals surface area contributed by atoms with Gasteiger partial charge in [-0.2, -0.15) is 0 Å². The molecule has 0 spiro atoms. The number of halogens is 1. The van der Waals surface area contributed by atoms with Crippen LogP contribution in [0.25, 0.3) is 0 Å². The second-order valence-electron chi connectivity index (χ2n) is 5.88. The van der Waals surface area contributed by atoms with Gasteiger partial charge in [0.2, 0.25) is 0 Å². The molecule has 9 heteroatoms. The Bertz CT molecular complexity index is 956. The summed E-state index contributed by atoms with van der Waals surface area (Å²) in [5.41, 5.74) is 1.66. The minimum absolute atomic E-state index is 0.0790. The summed E-state index contributed by atoms with van der Waals surface area (Å²) in [6, 6.07) is 11.1. The first-order valence-electron chi connectivity index (χ1n) is 7.94. The van der Waals surface area contributed by atoms with Crippen LogP contribution >= 0.6 is 11.6 Å². The van der Waals surface area contributed by atoms with Crippen LogP contribution in [0.4, 0.5) is 16.2 Å². The first-order valence-corrected chi connectivity index (χ1v) is 8.32. The van der Waals surface area contributed by atoms with Gasteiger partial charge in [-0.05, 0) is 42.8 Å². The average Bonchev–Trinajstić information content (AvgIpc) is 2.61. The van der Waals surface area contributed by atoms with Crippen LogP contribution in [0.2, 0.25) is 5.02 Å². The topological polar surface area (TPSA) is 113 Å². The number of non-ortho nitro benzene ring substituents is 1. The van der Waals surface area contributed by atoms with Gasteiger partial charge >= 0.3 is 6.03 Å². The number of rotatable bonds is 4. The van der Waals surface area contributed by atoms with E-state index in [0.717, 1.165) is 0 Å². The number of hydrogen-bond donors (Lipinski definition) is 3. The first-order chi connectivity index (χ1) is 12.8. The van der Waals surface area contributed by atoms with Crippen LogP contribution in [0.3, 0.4) is 0 Å². The largest absolute Gasteiger partial charge is 0.327 e. The van der Waals surface area contributed by atoms with Crippen molar-refractivity contribution in [3.63, 3.8) is 0 Å². The Kier molecular flexibility index (Phi) is 5.09. The van der Waals surface area contributed by atoms with Crippen molar-refractivity contribution >= 4 is 34.9 Å². The lowest BCUT2D eigenvalue weighted by Crippen LogP contribution is -2.45. The Morgan fingerprint density at radius 2 is 1.93 bits per heavy atom. The van der Waals surface area contributed by atoms with Crippen molar-refractivity contribution in [2.45, 2.75) is 13.0 Å². The molecule has 0 saturated heterocycles. The smallest absolute Gasteiger partial charge is 0.319 e. The molecule has 3 amide bonds. The summed E-state index contributed by atoms with van der Waals surface area (Å²) in [5.74, 6) is -0.425. The SMILES string of the molecule is CC1=C(C(=O)Nc2cccc(Cl)c2)[C@H](c2ccc([N+](=O)[O-])cc2)NC(=O)N1. The van der Waals surface area contributed by atoms with Crippen molar-refractivity contribution in [3.05, 3.63) is 80.5 Å². The van der Waals surface area contributed by atoms with Gasteiger partial charge in [-0.25, -0.2) is 4.79 Å². The van der Waals surface area contributed by atoms with Crippen LogP contribution in [0.15, 0.2) is 59.8 Å². The van der Waals surface area contributed by atoms with Gasteiger partial charge in [0.1, 0.15) is 0 Å². The number of anilines is 1. The Morgan fingerprint density at radius 3 is 2.56 bits per heavy atom. The summed E-state index contributed by atoms with van der Waals surface area (Å²) in [6.07, 6.45) is 0. The van der Waals surface area contributed by atoms with Crippen molar-refractivity contribution in [1.82, 2.24) is 10.6 Å². The normalized spacial score (nSPS) is 16.4. The zero-order valence-electron chi connectivity index (χ0n) is 14.2. The zero-order chi connectivity index (χ0) is 19.6. The van der Waals surface area contributed by atoms with Gasteiger partial charge in [-0.15, -0.1) is 0 Å². The van der Waals surface area contributed by atoms with Crippen LogP contribution in [-0.4, -0.2) is 16.9 Å². The average molecular weight is 387 g/mol. The van der Waals surface area contributed by atoms with Crippen LogP contribution < -0.4 is 16.0 Å². The van der Waals surface area contributed by atoms with Gasteiger partial charge in [0, 0.05) is 28.5 Å². The van der Waals surface area contributed by atoms with Crippen LogP contribution in [-0.2, 0) is 4.79 Å². The molecule has 1 aliphatic rings. The summed E-state index contributed by atoms with van der Waals surface area (Å²) >= 11 is 5.94. The molecule has 2 aromatic rings. The molecule has 1 aliphatic heterocycles. The van der Waals surface area contributed by atoms with Gasteiger partial charge in [0.15, 0.2) is 0 Å². The number of urea groups is 1. The molecule has 3 N–H and O–H groups in total. The number of hydrogen-bond acceptors (Lipinski definition) is 4. The highest BCUT2D eigenvalue weighted by molar-refractivity contribution is 6.31. The van der Waals surface area contributed by atoms with E-state index in [1.807, 2.05) is 0 Å². The molecule has 0 unspecified atom stereocenters. The fourth-order valence-corrected chi connectivity index (χ4v) is 2.99. The maximum Gasteiger partial charge on any atom is 0.319 e. The molecule has 27 heavy (non-hydrogen) atoms. The summed E-state index contributed by atoms with van der Waals surface area (Å²) in [7, 11) is 0. The van der Waals surface area contributed by atoms with Crippen molar-refractivity contribution in [2.24, 2.45) is 0 Å². The predicted molar refractivity (Wildman–Crippen MR) is 100 cm³/mol. The zero-order valence-corrected chi connectivity index (χ0v) is 14.9. The summed E-state index contributed by atoms with van der Waals surface area (Å²) in [4.78, 5) is 35.1. The van der Waals surface area contributed by atoms with E-state index in [1.165, 1.54) is 24.3 Å². The van der Waals surface area contributed by atoms with Gasteiger partial charge in [0.05, 0.1) is 16.5 Å². The van der Waals surface area contributed by atoms with Gasteiger partial charge in [-0.3, -0.25) is 14.9 Å². The molecule has 8 nitrogen and oxygen atoms in total. The van der Waals surface area contributed by atoms with Crippen molar-refractivity contribution in [2.75, 3.05) is 5.32 Å². The molecule has 1 atom stereocenters. The third kappa shape index (κ3) is 4.06. The van der Waals surface area contributed by atoms with E-state index in [-0.39, 0.29) is 5.69 Å². The molecule has 0 radical (unpaired) electrons. The van der Waals surface area contributed by atoms with E-state index in [2.05, 4.69) is 16.0 Å². The van der Waals surface area contributed by atoms with E-state index >= 15 is 0 Å². The fourth-order valence-electron chi connectivity index (χ4n) is 2.80. The molecule has 138 valence electrons. The first kappa shape index (κ1) is 18.4. The van der Waals surface area contributed by atoms with E-state index in [9.17, 15) is 19.7 Å². The van der Waals surface area contributed by atoms with E-state index < -0.39 is 22.9 Å². The van der Waals surface area contributed by atoms with Gasteiger partial charge in [-0.1, -0.05) is 17.7 Å². The van der Waals surface area contributed by atoms with Gasteiger partial charge < -0.3 is 16.0 Å². The highest BCUT2D eigenvalue weighted by Gasteiger charge is 2.31. The molecule has 3 rings (SSSR count). The molecule has 2 aromatic carbocycles. The summed E-state index contributed by atoms with van der Waals surface area (Å²) in [6.45, 7) is 1.62. The van der Waals surface area contributed by atoms with E-state index in [0.29, 0.717) is 27.5 Å². The number of nitrogens with one attached hydrogen (secondary N) is 3. The molecule has 1 heterocycles. The molecule has 0 saturated carbocycles. The lowest BCUT2D eigenvalue weighted by molar-refractivity contribution is -0.384. The number of nitro benzene ring substituents is 1. The van der Waals surface area contributed by atoms with Crippen LogP contribution in [0, 0.1) is 10.1 Å². The summed E-state index contributed by atoms with van der Waals surface area (Å²) < 4.78 is 0. The molecule has 0 aliphatic carbocycles. The molecule has 0 bridgehead atoms. The third-order valence-electron chi connectivity index (χ3n) is 4.03. The number of amides is 3. The predicted octanol–water partition coefficient (Wildman–Crippen LogP) is 3.51. The third-order valence-corrected chi connectivity index (χ3v) is 4.27. The molecule has 0 fully saturated rings. The molecular weight excluding hydrogens is 372 g/mol. The minimum Gasteiger partial charge on any atom is -0.327 e. The summed E-state index contributed by atoms with van der Waals surface area (Å²) in [5, 5.41) is 19.3. The number of allylic oxidation sites excluding steroid dienone is 1. The van der Waals surface area contributed by atoms with Crippen molar-refractivity contribution in [1.29, 1.82) is 0 Å². The van der Waals surface area contributed by atoms with Crippen LogP contribution in [0.1, 0.15) is 18.5 Å². The number of carbonyl (C=O) groups excluding carboxylic acids is 2. The van der Waals surface area contributed by atoms with E-state index in [1.54, 1.807) is 31.2 Å². The molecular formula is C18H15ClN4O4. The monoisotopic (exact) mass is 386 g/mol. The number of nitrogens with zero attached hydrogens (tertiary/aromatic N) is 1. The number of benzene rings is 2. The minimum atomic E-state index is -0.751. The number of carbonyl (C=O) groups is 2. The Hall–Kier alpha value is -3.39. The standard InChI is InChI=1S/C18H15ClN4O4/c1-10-15(17(24)21-13-4-2-3-12(19)9-13)16(22-18(25)20-10)11-5-7-14(8-6-11)23(26)27/h2-9,16H,1H3,(H,21,24)(H2,20,22,25)/t16-/m0/s1. The Balaban J connectivity index is 1.93. The van der Waals surface area contributed by atoms with E-state index in [4.69, 9.17) is 11.6 Å². The van der Waals surface area contributed by atoms with Crippen molar-refractivity contribution < 1.29 is 14.5 Å². The lowest BCUT2D eigenvalue weighted by Gasteiger charge is -2.28. The fraction of sp³-hybridized carbons (Fsp3) is 0.111. The second-order valence-corrected chi connectivity index (χ2v) is 6.32. The maximum atomic E-state index is 12.8. The Morgan fingerprint density at radius 1 is 1.22 bits per heavy atom. The highest BCUT2D eigenvalue weighted by Crippen LogP contribution is 2.29. The highest BCUT2D eigenvalue weighted by atomic mass is 35.5. The number of nitro groups is 1. The van der Waals surface area contributed by atoms with Gasteiger partial charge in [0.25, 0.3) is 11.6 Å². The van der Waals surface area contributed by atoms with Crippen LogP contribution in [0.5, 0.6) is 0 Å². The lowest BCUT2D eigenvalue weighted by atomic mass is 9.94.